The molecule has 96 valence electrons. The van der Waals surface area contributed by atoms with Crippen molar-refractivity contribution in [1.29, 1.82) is 0 Å². The van der Waals surface area contributed by atoms with E-state index in [4.69, 9.17) is 5.73 Å². The maximum atomic E-state index is 13.6. The fourth-order valence-electron chi connectivity index (χ4n) is 1.80. The first-order valence-electron chi connectivity index (χ1n) is 5.67. The lowest BCUT2D eigenvalue weighted by Gasteiger charge is -2.29. The molecule has 0 saturated heterocycles. The average Bonchev–Trinajstić information content (AvgIpc) is 2.23. The van der Waals surface area contributed by atoms with Crippen molar-refractivity contribution in [2.45, 2.75) is 20.4 Å². The van der Waals surface area contributed by atoms with Crippen LogP contribution in [0.5, 0.6) is 0 Å². The number of nitrogens with zero attached hydrogens (tertiary/aromatic N) is 1. The van der Waals surface area contributed by atoms with Gasteiger partial charge in [-0.15, -0.1) is 0 Å². The van der Waals surface area contributed by atoms with Crippen molar-refractivity contribution in [3.63, 3.8) is 0 Å². The quantitative estimate of drug-likeness (QED) is 0.906. The number of hydrogen-bond acceptors (Lipinski definition) is 2. The topological polar surface area (TPSA) is 29.3 Å². The van der Waals surface area contributed by atoms with E-state index in [1.807, 2.05) is 13.1 Å². The Balaban J connectivity index is 2.72. The lowest BCUT2D eigenvalue weighted by molar-refractivity contribution is 0.207. The molecule has 0 amide bonds. The summed E-state index contributed by atoms with van der Waals surface area (Å²) in [6.07, 6.45) is 0. The highest BCUT2D eigenvalue weighted by Crippen LogP contribution is 2.22. The van der Waals surface area contributed by atoms with Crippen LogP contribution in [0.2, 0.25) is 0 Å². The first kappa shape index (κ1) is 14.6. The van der Waals surface area contributed by atoms with E-state index in [1.165, 1.54) is 6.07 Å². The van der Waals surface area contributed by atoms with Gasteiger partial charge in [0.15, 0.2) is 0 Å². The molecule has 17 heavy (non-hydrogen) atoms. The van der Waals surface area contributed by atoms with Crippen molar-refractivity contribution in [1.82, 2.24) is 4.90 Å². The minimum atomic E-state index is -0.170. The van der Waals surface area contributed by atoms with Gasteiger partial charge in [0.1, 0.15) is 5.82 Å². The monoisotopic (exact) mass is 302 g/mol. The largest absolute Gasteiger partial charge is 0.330 e. The highest BCUT2D eigenvalue weighted by atomic mass is 79.9. The third-order valence-corrected chi connectivity index (χ3v) is 3.48. The molecule has 0 saturated carbocycles. The second kappa shape index (κ2) is 5.94. The molecule has 1 rings (SSSR count). The lowest BCUT2D eigenvalue weighted by atomic mass is 9.93. The second-order valence-corrected chi connectivity index (χ2v) is 6.10. The van der Waals surface area contributed by atoms with Crippen LogP contribution in [0.4, 0.5) is 4.39 Å². The van der Waals surface area contributed by atoms with Crippen molar-refractivity contribution >= 4 is 15.9 Å². The molecule has 1 aromatic carbocycles. The van der Waals surface area contributed by atoms with Crippen molar-refractivity contribution < 1.29 is 4.39 Å². The highest BCUT2D eigenvalue weighted by molar-refractivity contribution is 9.10. The van der Waals surface area contributed by atoms with Crippen molar-refractivity contribution in [3.05, 3.63) is 34.1 Å². The summed E-state index contributed by atoms with van der Waals surface area (Å²) in [7, 11) is 1.98. The first-order valence-corrected chi connectivity index (χ1v) is 6.46. The molecular weight excluding hydrogens is 283 g/mol. The molecule has 0 unspecified atom stereocenters. The molecule has 1 aromatic rings. The van der Waals surface area contributed by atoms with E-state index in [0.29, 0.717) is 18.7 Å². The SMILES string of the molecule is CN(Cc1c(F)cccc1Br)CC(C)(C)CN. The average molecular weight is 303 g/mol. The maximum absolute atomic E-state index is 13.6. The Bertz CT molecular complexity index is 359. The Morgan fingerprint density at radius 3 is 2.59 bits per heavy atom. The van der Waals surface area contributed by atoms with Crippen LogP contribution >= 0.6 is 15.9 Å². The predicted octanol–water partition coefficient (Wildman–Crippen LogP) is 3.00. The van der Waals surface area contributed by atoms with Crippen LogP contribution in [-0.2, 0) is 6.54 Å². The molecule has 0 radical (unpaired) electrons. The van der Waals surface area contributed by atoms with Crippen molar-refractivity contribution in [3.8, 4) is 0 Å². The summed E-state index contributed by atoms with van der Waals surface area (Å²) in [5, 5.41) is 0. The molecule has 0 aromatic heterocycles. The van der Waals surface area contributed by atoms with Gasteiger partial charge in [-0.1, -0.05) is 35.8 Å². The van der Waals surface area contributed by atoms with E-state index < -0.39 is 0 Å². The van der Waals surface area contributed by atoms with Crippen LogP contribution < -0.4 is 5.73 Å². The normalized spacial score (nSPS) is 12.2. The van der Waals surface area contributed by atoms with Gasteiger partial charge < -0.3 is 10.6 Å². The third-order valence-electron chi connectivity index (χ3n) is 2.74. The summed E-state index contributed by atoms with van der Waals surface area (Å²) in [5.41, 5.74) is 6.44. The van der Waals surface area contributed by atoms with E-state index in [9.17, 15) is 4.39 Å². The van der Waals surface area contributed by atoms with Gasteiger partial charge in [0.05, 0.1) is 0 Å². The molecule has 0 heterocycles. The third kappa shape index (κ3) is 4.37. The molecule has 0 aliphatic rings. The van der Waals surface area contributed by atoms with Crippen molar-refractivity contribution in [2.24, 2.45) is 11.1 Å². The molecule has 0 bridgehead atoms. The Labute approximate surface area is 111 Å². The number of halogens is 2. The van der Waals surface area contributed by atoms with Gasteiger partial charge in [0.25, 0.3) is 0 Å². The van der Waals surface area contributed by atoms with Crippen LogP contribution in [0.15, 0.2) is 22.7 Å². The lowest BCUT2D eigenvalue weighted by Crippen LogP contribution is -2.36. The summed E-state index contributed by atoms with van der Waals surface area (Å²) < 4.78 is 14.5. The minimum Gasteiger partial charge on any atom is -0.330 e. The maximum Gasteiger partial charge on any atom is 0.128 e. The zero-order valence-electron chi connectivity index (χ0n) is 10.6. The van der Waals surface area contributed by atoms with Gasteiger partial charge >= 0.3 is 0 Å². The van der Waals surface area contributed by atoms with E-state index in [1.54, 1.807) is 6.07 Å². The second-order valence-electron chi connectivity index (χ2n) is 5.24. The van der Waals surface area contributed by atoms with Gasteiger partial charge in [-0.25, -0.2) is 4.39 Å². The summed E-state index contributed by atoms with van der Waals surface area (Å²) in [4.78, 5) is 2.09. The summed E-state index contributed by atoms with van der Waals surface area (Å²) in [5.74, 6) is -0.170. The Morgan fingerprint density at radius 1 is 1.41 bits per heavy atom. The van der Waals surface area contributed by atoms with Crippen LogP contribution in [-0.4, -0.2) is 25.0 Å². The number of benzene rings is 1. The van der Waals surface area contributed by atoms with Crippen LogP contribution in [0.3, 0.4) is 0 Å². The molecular formula is C13H20BrFN2. The smallest absolute Gasteiger partial charge is 0.128 e. The van der Waals surface area contributed by atoms with Gasteiger partial charge in [0.2, 0.25) is 0 Å². The molecule has 2 nitrogen and oxygen atoms in total. The standard InChI is InChI=1S/C13H20BrFN2/c1-13(2,8-16)9-17(3)7-10-11(14)5-4-6-12(10)15/h4-6H,7-9,16H2,1-3H3. The fourth-order valence-corrected chi connectivity index (χ4v) is 2.27. The predicted molar refractivity (Wildman–Crippen MR) is 73.3 cm³/mol. The molecule has 4 heteroatoms. The Morgan fingerprint density at radius 2 is 2.06 bits per heavy atom. The molecule has 0 aliphatic heterocycles. The summed E-state index contributed by atoms with van der Waals surface area (Å²) >= 11 is 3.38. The fraction of sp³-hybridized carbons (Fsp3) is 0.538. The van der Waals surface area contributed by atoms with Gasteiger partial charge in [-0.3, -0.25) is 0 Å². The summed E-state index contributed by atoms with van der Waals surface area (Å²) in [6.45, 7) is 6.26. The number of hydrogen-bond donors (Lipinski definition) is 1. The van der Waals surface area contributed by atoms with E-state index in [2.05, 4.69) is 34.7 Å². The van der Waals surface area contributed by atoms with Gasteiger partial charge in [-0.2, -0.15) is 0 Å². The molecule has 2 N–H and O–H groups in total. The molecule has 0 aliphatic carbocycles. The van der Waals surface area contributed by atoms with E-state index in [0.717, 1.165) is 11.0 Å². The Hall–Kier alpha value is -0.450. The minimum absolute atomic E-state index is 0.0481. The molecule has 0 fully saturated rings. The van der Waals surface area contributed by atoms with Gasteiger partial charge in [-0.05, 0) is 31.1 Å². The Kier molecular flexibility index (Phi) is 5.10. The van der Waals surface area contributed by atoms with Crippen molar-refractivity contribution in [2.75, 3.05) is 20.1 Å². The zero-order chi connectivity index (χ0) is 13.1. The van der Waals surface area contributed by atoms with Gasteiger partial charge in [0, 0.05) is 23.1 Å². The molecule has 0 spiro atoms. The van der Waals surface area contributed by atoms with Crippen LogP contribution in [0.1, 0.15) is 19.4 Å². The number of rotatable bonds is 5. The van der Waals surface area contributed by atoms with E-state index >= 15 is 0 Å². The van der Waals surface area contributed by atoms with Crippen LogP contribution in [0, 0.1) is 11.2 Å². The highest BCUT2D eigenvalue weighted by Gasteiger charge is 2.19. The van der Waals surface area contributed by atoms with Crippen LogP contribution in [0.25, 0.3) is 0 Å². The summed E-state index contributed by atoms with van der Waals surface area (Å²) in [6, 6.07) is 5.05. The number of nitrogens with two attached hydrogens (primary N) is 1. The molecule has 0 atom stereocenters. The van der Waals surface area contributed by atoms with E-state index in [-0.39, 0.29) is 11.2 Å². The zero-order valence-corrected chi connectivity index (χ0v) is 12.2. The first-order chi connectivity index (χ1) is 7.85.